The zero-order valence-corrected chi connectivity index (χ0v) is 24.3. The quantitative estimate of drug-likeness (QED) is 0.260. The van der Waals surface area contributed by atoms with Gasteiger partial charge in [-0.05, 0) is 60.3 Å². The molecular weight excluding hydrogens is 575 g/mol. The van der Waals surface area contributed by atoms with Crippen LogP contribution in [0.5, 0.6) is 11.8 Å². The van der Waals surface area contributed by atoms with Gasteiger partial charge in [-0.3, -0.25) is 9.88 Å². The average Bonchev–Trinajstić information content (AvgIpc) is 3.68. The molecule has 0 saturated carbocycles. The van der Waals surface area contributed by atoms with E-state index in [0.717, 1.165) is 19.4 Å². The fourth-order valence-electron chi connectivity index (χ4n) is 7.11. The number of halogens is 3. The molecule has 2 aromatic heterocycles. The van der Waals surface area contributed by atoms with Crippen LogP contribution in [0.15, 0.2) is 30.5 Å². The van der Waals surface area contributed by atoms with Crippen molar-refractivity contribution in [3.8, 4) is 23.0 Å². The lowest BCUT2D eigenvalue weighted by molar-refractivity contribution is 0.107. The van der Waals surface area contributed by atoms with Gasteiger partial charge in [-0.25, -0.2) is 13.2 Å². The van der Waals surface area contributed by atoms with Crippen molar-refractivity contribution < 1.29 is 32.9 Å². The molecule has 5 heterocycles. The molecule has 0 amide bonds. The number of anilines is 1. The smallest absolute Gasteiger partial charge is 0.319 e. The van der Waals surface area contributed by atoms with Gasteiger partial charge in [-0.15, -0.1) is 0 Å². The minimum Gasteiger partial charge on any atom is -0.508 e. The van der Waals surface area contributed by atoms with E-state index < -0.39 is 29.4 Å². The second kappa shape index (κ2) is 11.3. The standard InChI is InChI=1S/C32H34F3N5O4/c1-2-21-24(34)5-4-17-8-20(41)9-22(26(17)21)28-27(35)29-23(12-36-28)30(37-11-18-14-43-15-25(18)42)39-31(38-29)44-16-32-6-3-7-40(32)13-19(33)10-32/h4-5,8-9,12,18-19,25,41-42H,2-3,6-7,10-11,13-16H2,1H3,(H,37,38,39)/t18?,19-,25+,32+/m1/s1. The van der Waals surface area contributed by atoms with Crippen molar-refractivity contribution in [1.82, 2.24) is 19.9 Å². The lowest BCUT2D eigenvalue weighted by Crippen LogP contribution is -2.43. The number of nitrogens with zero attached hydrogens (tertiary/aromatic N) is 4. The SMILES string of the molecule is CCc1c(F)ccc2cc(O)cc(-c3ncc4c(NCC5COC[C@@H]5O)nc(OC[C@@]56CCCN5C[C@H](F)C6)nc4c3F)c12. The minimum atomic E-state index is -0.935. The molecular formula is C32H34F3N5O4. The zero-order chi connectivity index (χ0) is 30.6. The minimum absolute atomic E-state index is 0.0766. The highest BCUT2D eigenvalue weighted by molar-refractivity contribution is 6.01. The van der Waals surface area contributed by atoms with Gasteiger partial charge in [-0.1, -0.05) is 13.0 Å². The first-order valence-corrected chi connectivity index (χ1v) is 15.1. The number of aromatic hydroxyl groups is 1. The van der Waals surface area contributed by atoms with E-state index in [1.54, 1.807) is 13.0 Å². The van der Waals surface area contributed by atoms with Crippen LogP contribution in [-0.2, 0) is 11.2 Å². The molecule has 7 rings (SSSR count). The molecule has 9 nitrogen and oxygen atoms in total. The van der Waals surface area contributed by atoms with Crippen molar-refractivity contribution >= 4 is 27.5 Å². The van der Waals surface area contributed by atoms with Gasteiger partial charge in [0.25, 0.3) is 0 Å². The summed E-state index contributed by atoms with van der Waals surface area (Å²) >= 11 is 0. The molecule has 232 valence electrons. The third-order valence-corrected chi connectivity index (χ3v) is 9.35. The van der Waals surface area contributed by atoms with E-state index in [1.165, 1.54) is 24.4 Å². The summed E-state index contributed by atoms with van der Waals surface area (Å²) < 4.78 is 57.3. The lowest BCUT2D eigenvalue weighted by Gasteiger charge is -2.30. The van der Waals surface area contributed by atoms with Crippen LogP contribution in [0.2, 0.25) is 0 Å². The molecule has 4 atom stereocenters. The van der Waals surface area contributed by atoms with Gasteiger partial charge < -0.3 is 25.0 Å². The summed E-state index contributed by atoms with van der Waals surface area (Å²) in [5, 5.41) is 25.2. The molecule has 1 unspecified atom stereocenters. The Balaban J connectivity index is 1.33. The summed E-state index contributed by atoms with van der Waals surface area (Å²) in [5.41, 5.74) is -0.0243. The lowest BCUT2D eigenvalue weighted by atomic mass is 9.94. The Bertz CT molecular complexity index is 1740. The first-order valence-electron chi connectivity index (χ1n) is 15.1. The van der Waals surface area contributed by atoms with Crippen molar-refractivity contribution in [2.75, 3.05) is 44.8 Å². The van der Waals surface area contributed by atoms with Gasteiger partial charge in [0.1, 0.15) is 41.4 Å². The van der Waals surface area contributed by atoms with Crippen LogP contribution < -0.4 is 10.1 Å². The summed E-state index contributed by atoms with van der Waals surface area (Å²) in [6.07, 6.45) is 2.28. The Morgan fingerprint density at radius 1 is 1.20 bits per heavy atom. The van der Waals surface area contributed by atoms with Gasteiger partial charge in [0.15, 0.2) is 5.82 Å². The number of aliphatic hydroxyl groups excluding tert-OH is 1. The fourth-order valence-corrected chi connectivity index (χ4v) is 7.11. The number of benzene rings is 2. The summed E-state index contributed by atoms with van der Waals surface area (Å²) in [6, 6.07) is 5.67. The molecule has 0 radical (unpaired) electrons. The Labute approximate surface area is 252 Å². The van der Waals surface area contributed by atoms with E-state index in [4.69, 9.17) is 9.47 Å². The van der Waals surface area contributed by atoms with Gasteiger partial charge in [0.05, 0.1) is 30.2 Å². The first-order chi connectivity index (χ1) is 21.3. The van der Waals surface area contributed by atoms with Crippen molar-refractivity contribution in [2.45, 2.75) is 50.4 Å². The third kappa shape index (κ3) is 4.98. The zero-order valence-electron chi connectivity index (χ0n) is 24.3. The summed E-state index contributed by atoms with van der Waals surface area (Å²) in [6.45, 7) is 4.01. The number of pyridine rings is 1. The summed E-state index contributed by atoms with van der Waals surface area (Å²) in [5.74, 6) is -1.27. The number of hydrogen-bond donors (Lipinski definition) is 3. The van der Waals surface area contributed by atoms with Crippen molar-refractivity contribution in [3.63, 3.8) is 0 Å². The number of aromatic nitrogens is 3. The molecule has 3 aliphatic heterocycles. The number of rotatable bonds is 8. The topological polar surface area (TPSA) is 113 Å². The maximum Gasteiger partial charge on any atom is 0.319 e. The van der Waals surface area contributed by atoms with E-state index in [0.29, 0.717) is 48.9 Å². The number of aliphatic hydroxyl groups is 1. The number of fused-ring (bicyclic) bond motifs is 3. The number of phenolic OH excluding ortho intramolecular Hbond substituents is 1. The van der Waals surface area contributed by atoms with Crippen molar-refractivity contribution in [1.29, 1.82) is 0 Å². The molecule has 2 aromatic carbocycles. The van der Waals surface area contributed by atoms with Gasteiger partial charge in [-0.2, -0.15) is 9.97 Å². The van der Waals surface area contributed by atoms with Crippen molar-refractivity contribution in [3.05, 3.63) is 47.7 Å². The monoisotopic (exact) mass is 609 g/mol. The molecule has 44 heavy (non-hydrogen) atoms. The van der Waals surface area contributed by atoms with Crippen LogP contribution in [-0.4, -0.2) is 87.3 Å². The van der Waals surface area contributed by atoms with Crippen LogP contribution in [0, 0.1) is 17.6 Å². The molecule has 3 saturated heterocycles. The second-order valence-corrected chi connectivity index (χ2v) is 12.1. The van der Waals surface area contributed by atoms with E-state index in [2.05, 4.69) is 25.2 Å². The highest BCUT2D eigenvalue weighted by Gasteiger charge is 2.49. The predicted octanol–water partition coefficient (Wildman–Crippen LogP) is 4.77. The first kappa shape index (κ1) is 29.0. The highest BCUT2D eigenvalue weighted by atomic mass is 19.1. The van der Waals surface area contributed by atoms with Crippen LogP contribution in [0.1, 0.15) is 31.7 Å². The van der Waals surface area contributed by atoms with Crippen molar-refractivity contribution in [2.24, 2.45) is 5.92 Å². The fraction of sp³-hybridized carbons (Fsp3) is 0.469. The molecule has 0 aliphatic carbocycles. The van der Waals surface area contributed by atoms with Gasteiger partial charge in [0.2, 0.25) is 0 Å². The molecule has 3 N–H and O–H groups in total. The maximum atomic E-state index is 16.6. The Kier molecular flexibility index (Phi) is 7.46. The maximum absolute atomic E-state index is 16.6. The van der Waals surface area contributed by atoms with Crippen LogP contribution >= 0.6 is 0 Å². The number of aryl methyl sites for hydroxylation is 1. The predicted molar refractivity (Wildman–Crippen MR) is 159 cm³/mol. The molecule has 12 heteroatoms. The molecule has 4 aromatic rings. The molecule has 0 spiro atoms. The highest BCUT2D eigenvalue weighted by Crippen LogP contribution is 2.41. The van der Waals surface area contributed by atoms with Gasteiger partial charge in [0, 0.05) is 37.2 Å². The summed E-state index contributed by atoms with van der Waals surface area (Å²) in [7, 11) is 0. The largest absolute Gasteiger partial charge is 0.508 e. The van der Waals surface area contributed by atoms with E-state index in [9.17, 15) is 19.0 Å². The molecule has 3 fully saturated rings. The van der Waals surface area contributed by atoms with E-state index in [-0.39, 0.29) is 58.9 Å². The Hall–Kier alpha value is -3.74. The molecule has 3 aliphatic rings. The van der Waals surface area contributed by atoms with Crippen LogP contribution in [0.3, 0.4) is 0 Å². The normalized spacial score (nSPS) is 25.2. The number of hydrogen-bond acceptors (Lipinski definition) is 9. The number of ether oxygens (including phenoxy) is 2. The molecule has 0 bridgehead atoms. The van der Waals surface area contributed by atoms with E-state index >= 15 is 4.39 Å². The number of phenols is 1. The van der Waals surface area contributed by atoms with E-state index in [1.807, 2.05) is 0 Å². The van der Waals surface area contributed by atoms with Crippen LogP contribution in [0.4, 0.5) is 19.0 Å². The average molecular weight is 610 g/mol. The van der Waals surface area contributed by atoms with Gasteiger partial charge >= 0.3 is 6.01 Å². The second-order valence-electron chi connectivity index (χ2n) is 12.1. The number of nitrogens with one attached hydrogen (secondary N) is 1. The Morgan fingerprint density at radius 3 is 2.86 bits per heavy atom. The van der Waals surface area contributed by atoms with Crippen LogP contribution in [0.25, 0.3) is 32.9 Å². The Morgan fingerprint density at radius 2 is 2.07 bits per heavy atom. The third-order valence-electron chi connectivity index (χ3n) is 9.35. The summed E-state index contributed by atoms with van der Waals surface area (Å²) in [4.78, 5) is 15.5. The number of alkyl halides is 1.